The second-order valence-corrected chi connectivity index (χ2v) is 5.65. The fourth-order valence-electron chi connectivity index (χ4n) is 1.96. The summed E-state index contributed by atoms with van der Waals surface area (Å²) < 4.78 is 43.1. The van der Waals surface area contributed by atoms with Gasteiger partial charge in [0.05, 0.1) is 16.3 Å². The van der Waals surface area contributed by atoms with Crippen LogP contribution in [0.15, 0.2) is 42.5 Å². The highest BCUT2D eigenvalue weighted by atomic mass is 35.5. The number of phenols is 1. The highest BCUT2D eigenvalue weighted by Gasteiger charge is 2.31. The minimum atomic E-state index is -4.60. The number of para-hydroxylation sites is 1. The Hall–Kier alpha value is -2.74. The third-order valence-corrected chi connectivity index (χ3v) is 3.66. The Morgan fingerprint density at radius 3 is 2.46 bits per heavy atom. The van der Waals surface area contributed by atoms with Crippen LogP contribution in [0.5, 0.6) is 5.75 Å². The fourth-order valence-corrected chi connectivity index (χ4v) is 2.12. The quantitative estimate of drug-likeness (QED) is 0.769. The van der Waals surface area contributed by atoms with Crippen molar-refractivity contribution in [1.29, 1.82) is 0 Å². The average molecular weight is 388 g/mol. The van der Waals surface area contributed by atoms with Gasteiger partial charge < -0.3 is 15.2 Å². The summed E-state index contributed by atoms with van der Waals surface area (Å²) in [5.41, 5.74) is -1.41. The average Bonchev–Trinajstić information content (AvgIpc) is 2.55. The smallest absolute Gasteiger partial charge is 0.416 e. The van der Waals surface area contributed by atoms with Crippen molar-refractivity contribution < 1.29 is 32.6 Å². The lowest BCUT2D eigenvalue weighted by molar-refractivity contribution is -0.137. The van der Waals surface area contributed by atoms with Crippen LogP contribution in [-0.4, -0.2) is 23.1 Å². The Bertz CT molecular complexity index is 839. The van der Waals surface area contributed by atoms with Crippen LogP contribution in [0, 0.1) is 0 Å². The van der Waals surface area contributed by atoms with E-state index in [9.17, 15) is 27.9 Å². The molecule has 0 spiro atoms. The molecule has 0 saturated carbocycles. The monoisotopic (exact) mass is 387 g/mol. The van der Waals surface area contributed by atoms with Crippen molar-refractivity contribution in [2.45, 2.75) is 19.2 Å². The number of carbonyl (C=O) groups is 2. The molecular formula is C17H13ClF3NO4. The first-order valence-corrected chi connectivity index (χ1v) is 7.64. The Morgan fingerprint density at radius 1 is 1.19 bits per heavy atom. The maximum atomic E-state index is 12.7. The molecule has 0 bridgehead atoms. The Morgan fingerprint density at radius 2 is 1.85 bits per heavy atom. The van der Waals surface area contributed by atoms with Crippen LogP contribution in [0.1, 0.15) is 22.8 Å². The topological polar surface area (TPSA) is 75.6 Å². The normalized spacial score (nSPS) is 12.3. The van der Waals surface area contributed by atoms with Crippen molar-refractivity contribution in [3.05, 3.63) is 58.6 Å². The van der Waals surface area contributed by atoms with Crippen LogP contribution in [0.3, 0.4) is 0 Å². The summed E-state index contributed by atoms with van der Waals surface area (Å²) in [5.74, 6) is -2.16. The number of rotatable bonds is 4. The summed E-state index contributed by atoms with van der Waals surface area (Å²) in [5, 5.41) is 11.7. The van der Waals surface area contributed by atoms with Gasteiger partial charge in [-0.2, -0.15) is 13.2 Å². The van der Waals surface area contributed by atoms with E-state index in [1.54, 1.807) is 0 Å². The van der Waals surface area contributed by atoms with Gasteiger partial charge in [-0.1, -0.05) is 23.7 Å². The van der Waals surface area contributed by atoms with E-state index < -0.39 is 29.7 Å². The van der Waals surface area contributed by atoms with Gasteiger partial charge in [0.1, 0.15) is 11.3 Å². The van der Waals surface area contributed by atoms with Gasteiger partial charge >= 0.3 is 12.1 Å². The molecule has 2 aromatic carbocycles. The van der Waals surface area contributed by atoms with Crippen LogP contribution in [-0.2, 0) is 15.7 Å². The molecule has 2 N–H and O–H groups in total. The molecule has 5 nitrogen and oxygen atoms in total. The Labute approximate surface area is 151 Å². The number of halogens is 4. The number of hydrogen-bond donors (Lipinski definition) is 2. The van der Waals surface area contributed by atoms with Gasteiger partial charge in [0.25, 0.3) is 5.91 Å². The van der Waals surface area contributed by atoms with E-state index in [0.717, 1.165) is 12.1 Å². The molecule has 2 rings (SSSR count). The molecule has 26 heavy (non-hydrogen) atoms. The number of alkyl halides is 3. The molecule has 0 radical (unpaired) electrons. The number of hydrogen-bond acceptors (Lipinski definition) is 4. The van der Waals surface area contributed by atoms with Crippen molar-refractivity contribution >= 4 is 29.2 Å². The molecule has 0 fully saturated rings. The molecule has 0 aliphatic rings. The second-order valence-electron chi connectivity index (χ2n) is 5.25. The van der Waals surface area contributed by atoms with E-state index in [2.05, 4.69) is 5.32 Å². The molecule has 1 atom stereocenters. The first-order chi connectivity index (χ1) is 12.1. The third-order valence-electron chi connectivity index (χ3n) is 3.33. The summed E-state index contributed by atoms with van der Waals surface area (Å²) in [7, 11) is 0. The maximum absolute atomic E-state index is 12.7. The van der Waals surface area contributed by atoms with Crippen LogP contribution >= 0.6 is 11.6 Å². The highest BCUT2D eigenvalue weighted by molar-refractivity contribution is 6.33. The summed E-state index contributed by atoms with van der Waals surface area (Å²) in [4.78, 5) is 24.0. The predicted molar refractivity (Wildman–Crippen MR) is 88.1 cm³/mol. The number of carbonyl (C=O) groups excluding carboxylic acids is 2. The van der Waals surface area contributed by atoms with Crippen molar-refractivity contribution in [3.63, 3.8) is 0 Å². The summed E-state index contributed by atoms with van der Waals surface area (Å²) in [6.45, 7) is 1.23. The van der Waals surface area contributed by atoms with Crippen LogP contribution in [0.4, 0.5) is 18.9 Å². The van der Waals surface area contributed by atoms with E-state index in [1.165, 1.54) is 31.2 Å². The zero-order chi connectivity index (χ0) is 19.5. The van der Waals surface area contributed by atoms with Crippen molar-refractivity contribution in [2.75, 3.05) is 5.32 Å². The van der Waals surface area contributed by atoms with Gasteiger partial charge in [-0.15, -0.1) is 0 Å². The number of nitrogens with one attached hydrogen (secondary N) is 1. The second kappa shape index (κ2) is 7.65. The van der Waals surface area contributed by atoms with Crippen LogP contribution < -0.4 is 5.32 Å². The summed E-state index contributed by atoms with van der Waals surface area (Å²) >= 11 is 5.79. The zero-order valence-electron chi connectivity index (χ0n) is 13.3. The van der Waals surface area contributed by atoms with Crippen molar-refractivity contribution in [2.24, 2.45) is 0 Å². The zero-order valence-corrected chi connectivity index (χ0v) is 14.1. The SMILES string of the molecule is C[C@H](OC(=O)c1ccccc1O)C(=O)Nc1cc(C(F)(F)F)ccc1Cl. The first-order valence-electron chi connectivity index (χ1n) is 7.26. The van der Waals surface area contributed by atoms with Gasteiger partial charge in [-0.25, -0.2) is 4.79 Å². The van der Waals surface area contributed by atoms with Crippen LogP contribution in [0.25, 0.3) is 0 Å². The van der Waals surface area contributed by atoms with E-state index in [4.69, 9.17) is 16.3 Å². The van der Waals surface area contributed by atoms with Crippen LogP contribution in [0.2, 0.25) is 5.02 Å². The Balaban J connectivity index is 2.10. The van der Waals surface area contributed by atoms with Gasteiger partial charge in [0.15, 0.2) is 6.10 Å². The van der Waals surface area contributed by atoms with Crippen molar-refractivity contribution in [3.8, 4) is 5.75 Å². The summed E-state index contributed by atoms with van der Waals surface area (Å²) in [6.07, 6.45) is -5.94. The Kier molecular flexibility index (Phi) is 5.76. The molecule has 1 amide bonds. The van der Waals surface area contributed by atoms with Gasteiger partial charge in [-0.3, -0.25) is 4.79 Å². The molecule has 9 heteroatoms. The molecule has 0 saturated heterocycles. The molecule has 2 aromatic rings. The molecule has 138 valence electrons. The number of ether oxygens (including phenoxy) is 1. The predicted octanol–water partition coefficient (Wildman–Crippen LogP) is 4.25. The largest absolute Gasteiger partial charge is 0.507 e. The molecule has 0 heterocycles. The molecule has 0 unspecified atom stereocenters. The molecule has 0 aliphatic carbocycles. The van der Waals surface area contributed by atoms with Crippen molar-refractivity contribution in [1.82, 2.24) is 0 Å². The van der Waals surface area contributed by atoms with E-state index >= 15 is 0 Å². The number of amides is 1. The van der Waals surface area contributed by atoms with E-state index in [-0.39, 0.29) is 22.0 Å². The number of benzene rings is 2. The maximum Gasteiger partial charge on any atom is 0.416 e. The first kappa shape index (κ1) is 19.6. The number of esters is 1. The van der Waals surface area contributed by atoms with E-state index in [0.29, 0.717) is 6.07 Å². The van der Waals surface area contributed by atoms with Gasteiger partial charge in [0, 0.05) is 0 Å². The third kappa shape index (κ3) is 4.66. The molecular weight excluding hydrogens is 375 g/mol. The minimum Gasteiger partial charge on any atom is -0.507 e. The standard InChI is InChI=1S/C17H13ClF3NO4/c1-9(26-16(25)11-4-2-3-5-14(11)23)15(24)22-13-8-10(17(19,20)21)6-7-12(13)18/h2-9,23H,1H3,(H,22,24)/t9-/m0/s1. The molecule has 0 aromatic heterocycles. The lowest BCUT2D eigenvalue weighted by Crippen LogP contribution is -2.30. The lowest BCUT2D eigenvalue weighted by Gasteiger charge is -2.16. The number of aromatic hydroxyl groups is 1. The summed E-state index contributed by atoms with van der Waals surface area (Å²) in [6, 6.07) is 8.01. The van der Waals surface area contributed by atoms with Gasteiger partial charge in [-0.05, 0) is 37.3 Å². The molecule has 0 aliphatic heterocycles. The lowest BCUT2D eigenvalue weighted by atomic mass is 10.2. The fraction of sp³-hybridized carbons (Fsp3) is 0.176. The highest BCUT2D eigenvalue weighted by Crippen LogP contribution is 2.33. The van der Waals surface area contributed by atoms with E-state index in [1.807, 2.05) is 0 Å². The minimum absolute atomic E-state index is 0.106. The number of anilines is 1. The number of phenolic OH excluding ortho intramolecular Hbond substituents is 1. The van der Waals surface area contributed by atoms with Gasteiger partial charge in [0.2, 0.25) is 0 Å².